The molecular formula is C17H23F2NO3. The van der Waals surface area contributed by atoms with Gasteiger partial charge in [0.15, 0.2) is 0 Å². The van der Waals surface area contributed by atoms with Gasteiger partial charge in [0.1, 0.15) is 11.6 Å². The summed E-state index contributed by atoms with van der Waals surface area (Å²) in [6.07, 6.45) is 2.82. The molecule has 0 aliphatic carbocycles. The highest BCUT2D eigenvalue weighted by atomic mass is 19.1. The number of rotatable bonds is 8. The molecule has 1 N–H and O–H groups in total. The molecule has 1 aromatic carbocycles. The highest BCUT2D eigenvalue weighted by Crippen LogP contribution is 2.21. The van der Waals surface area contributed by atoms with Crippen molar-refractivity contribution in [2.24, 2.45) is 0 Å². The number of benzene rings is 1. The second kappa shape index (κ2) is 8.93. The topological polar surface area (TPSA) is 47.6 Å². The van der Waals surface area contributed by atoms with E-state index in [2.05, 4.69) is 5.32 Å². The predicted octanol–water partition coefficient (Wildman–Crippen LogP) is 3.12. The van der Waals surface area contributed by atoms with E-state index in [0.717, 1.165) is 37.6 Å². The SMILES string of the molecule is CC[C@H](NC(=O)CCOC[C@H]1CCCO1)c1cc(F)ccc1F. The van der Waals surface area contributed by atoms with Gasteiger partial charge in [-0.3, -0.25) is 4.79 Å². The Kier molecular flexibility index (Phi) is 6.92. The fourth-order valence-electron chi connectivity index (χ4n) is 2.60. The summed E-state index contributed by atoms with van der Waals surface area (Å²) in [5, 5.41) is 2.72. The van der Waals surface area contributed by atoms with Gasteiger partial charge in [-0.05, 0) is 37.5 Å². The molecule has 2 atom stereocenters. The Bertz CT molecular complexity index is 519. The third kappa shape index (κ3) is 5.55. The second-order valence-electron chi connectivity index (χ2n) is 5.65. The molecule has 1 saturated heterocycles. The number of hydrogen-bond donors (Lipinski definition) is 1. The lowest BCUT2D eigenvalue weighted by Crippen LogP contribution is -2.30. The largest absolute Gasteiger partial charge is 0.378 e. The molecule has 1 heterocycles. The van der Waals surface area contributed by atoms with Crippen LogP contribution in [-0.4, -0.2) is 31.8 Å². The fraction of sp³-hybridized carbons (Fsp3) is 0.588. The van der Waals surface area contributed by atoms with E-state index in [1.807, 2.05) is 6.92 Å². The first-order valence-corrected chi connectivity index (χ1v) is 8.03. The molecule has 0 radical (unpaired) electrons. The van der Waals surface area contributed by atoms with Crippen LogP contribution in [0.2, 0.25) is 0 Å². The predicted molar refractivity (Wildman–Crippen MR) is 81.9 cm³/mol. The molecule has 4 nitrogen and oxygen atoms in total. The Balaban J connectivity index is 1.76. The lowest BCUT2D eigenvalue weighted by Gasteiger charge is -2.18. The molecule has 1 fully saturated rings. The summed E-state index contributed by atoms with van der Waals surface area (Å²) in [5.41, 5.74) is 0.168. The minimum Gasteiger partial charge on any atom is -0.378 e. The Morgan fingerprint density at radius 3 is 3.00 bits per heavy atom. The van der Waals surface area contributed by atoms with E-state index in [1.54, 1.807) is 0 Å². The highest BCUT2D eigenvalue weighted by molar-refractivity contribution is 5.76. The van der Waals surface area contributed by atoms with E-state index in [9.17, 15) is 13.6 Å². The molecule has 1 aliphatic heterocycles. The number of amides is 1. The lowest BCUT2D eigenvalue weighted by molar-refractivity contribution is -0.123. The Morgan fingerprint density at radius 1 is 1.48 bits per heavy atom. The Morgan fingerprint density at radius 2 is 2.30 bits per heavy atom. The molecule has 6 heteroatoms. The average Bonchev–Trinajstić information content (AvgIpc) is 3.05. The van der Waals surface area contributed by atoms with E-state index < -0.39 is 17.7 Å². The number of hydrogen-bond acceptors (Lipinski definition) is 3. The van der Waals surface area contributed by atoms with Gasteiger partial charge in [0.2, 0.25) is 5.91 Å². The van der Waals surface area contributed by atoms with Gasteiger partial charge < -0.3 is 14.8 Å². The number of carbonyl (C=O) groups excluding carboxylic acids is 1. The van der Waals surface area contributed by atoms with Crippen LogP contribution in [0.15, 0.2) is 18.2 Å². The van der Waals surface area contributed by atoms with Crippen molar-refractivity contribution in [3.05, 3.63) is 35.4 Å². The first-order valence-electron chi connectivity index (χ1n) is 8.03. The molecule has 0 saturated carbocycles. The van der Waals surface area contributed by atoms with Crippen LogP contribution >= 0.6 is 0 Å². The van der Waals surface area contributed by atoms with Gasteiger partial charge in [0.05, 0.1) is 25.4 Å². The van der Waals surface area contributed by atoms with Crippen LogP contribution in [0.3, 0.4) is 0 Å². The molecule has 1 amide bonds. The fourth-order valence-corrected chi connectivity index (χ4v) is 2.60. The van der Waals surface area contributed by atoms with Crippen LogP contribution in [0.1, 0.15) is 44.2 Å². The van der Waals surface area contributed by atoms with E-state index in [1.165, 1.54) is 0 Å². The zero-order chi connectivity index (χ0) is 16.7. The van der Waals surface area contributed by atoms with Crippen molar-refractivity contribution in [3.63, 3.8) is 0 Å². The molecule has 1 aliphatic rings. The Labute approximate surface area is 135 Å². The third-order valence-electron chi connectivity index (χ3n) is 3.88. The smallest absolute Gasteiger partial charge is 0.222 e. The zero-order valence-corrected chi connectivity index (χ0v) is 13.3. The van der Waals surface area contributed by atoms with Gasteiger partial charge in [-0.2, -0.15) is 0 Å². The maximum atomic E-state index is 13.8. The van der Waals surface area contributed by atoms with Crippen LogP contribution in [0, 0.1) is 11.6 Å². The van der Waals surface area contributed by atoms with Crippen molar-refractivity contribution in [3.8, 4) is 0 Å². The van der Waals surface area contributed by atoms with Crippen molar-refractivity contribution in [2.45, 2.75) is 44.8 Å². The molecule has 0 bridgehead atoms. The van der Waals surface area contributed by atoms with Crippen molar-refractivity contribution in [1.29, 1.82) is 0 Å². The molecular weight excluding hydrogens is 304 g/mol. The first kappa shape index (κ1) is 17.8. The first-order chi connectivity index (χ1) is 11.1. The highest BCUT2D eigenvalue weighted by Gasteiger charge is 2.18. The molecule has 1 aromatic rings. The summed E-state index contributed by atoms with van der Waals surface area (Å²) in [6.45, 7) is 3.35. The molecule has 128 valence electrons. The van der Waals surface area contributed by atoms with Crippen molar-refractivity contribution in [1.82, 2.24) is 5.32 Å². The standard InChI is InChI=1S/C17H23F2NO3/c1-2-16(14-10-12(18)5-6-15(14)19)20-17(21)7-9-22-11-13-4-3-8-23-13/h5-6,10,13,16H,2-4,7-9,11H2,1H3,(H,20,21)/t13-,16+/m1/s1. The number of nitrogens with one attached hydrogen (secondary N) is 1. The summed E-state index contributed by atoms with van der Waals surface area (Å²) < 4.78 is 37.9. The Hall–Kier alpha value is -1.53. The van der Waals surface area contributed by atoms with E-state index in [-0.39, 0.29) is 30.6 Å². The summed E-state index contributed by atoms with van der Waals surface area (Å²) in [6, 6.07) is 2.71. The molecule has 0 aromatic heterocycles. The molecule has 0 unspecified atom stereocenters. The van der Waals surface area contributed by atoms with Gasteiger partial charge in [0, 0.05) is 18.6 Å². The van der Waals surface area contributed by atoms with Gasteiger partial charge in [0.25, 0.3) is 0 Å². The second-order valence-corrected chi connectivity index (χ2v) is 5.65. The van der Waals surface area contributed by atoms with Crippen LogP contribution in [-0.2, 0) is 14.3 Å². The molecule has 2 rings (SSSR count). The quantitative estimate of drug-likeness (QED) is 0.746. The van der Waals surface area contributed by atoms with Crippen molar-refractivity contribution >= 4 is 5.91 Å². The summed E-state index contributed by atoms with van der Waals surface area (Å²) in [4.78, 5) is 11.9. The van der Waals surface area contributed by atoms with Crippen LogP contribution in [0.25, 0.3) is 0 Å². The van der Waals surface area contributed by atoms with Gasteiger partial charge >= 0.3 is 0 Å². The van der Waals surface area contributed by atoms with E-state index >= 15 is 0 Å². The maximum Gasteiger partial charge on any atom is 0.222 e. The zero-order valence-electron chi connectivity index (χ0n) is 13.3. The number of ether oxygens (including phenoxy) is 2. The average molecular weight is 327 g/mol. The maximum absolute atomic E-state index is 13.8. The van der Waals surface area contributed by atoms with Gasteiger partial charge in [-0.1, -0.05) is 6.92 Å². The molecule has 0 spiro atoms. The summed E-state index contributed by atoms with van der Waals surface area (Å²) in [5.74, 6) is -1.28. The minimum absolute atomic E-state index is 0.128. The number of carbonyl (C=O) groups is 1. The van der Waals surface area contributed by atoms with E-state index in [4.69, 9.17) is 9.47 Å². The normalized spacial score (nSPS) is 18.8. The summed E-state index contributed by atoms with van der Waals surface area (Å²) in [7, 11) is 0. The van der Waals surface area contributed by atoms with Crippen LogP contribution in [0.5, 0.6) is 0 Å². The van der Waals surface area contributed by atoms with E-state index in [0.29, 0.717) is 13.0 Å². The molecule has 23 heavy (non-hydrogen) atoms. The monoisotopic (exact) mass is 327 g/mol. The van der Waals surface area contributed by atoms with Gasteiger partial charge in [-0.25, -0.2) is 8.78 Å². The summed E-state index contributed by atoms with van der Waals surface area (Å²) >= 11 is 0. The van der Waals surface area contributed by atoms with Crippen LogP contribution < -0.4 is 5.32 Å². The van der Waals surface area contributed by atoms with Crippen molar-refractivity contribution < 1.29 is 23.0 Å². The number of halogens is 2. The lowest BCUT2D eigenvalue weighted by atomic mass is 10.0. The minimum atomic E-state index is -0.545. The van der Waals surface area contributed by atoms with Crippen LogP contribution in [0.4, 0.5) is 8.78 Å². The van der Waals surface area contributed by atoms with Gasteiger partial charge in [-0.15, -0.1) is 0 Å². The third-order valence-corrected chi connectivity index (χ3v) is 3.88. The van der Waals surface area contributed by atoms with Crippen molar-refractivity contribution in [2.75, 3.05) is 19.8 Å².